The van der Waals surface area contributed by atoms with Crippen molar-refractivity contribution in [2.45, 2.75) is 4.34 Å². The molecule has 0 aliphatic carbocycles. The number of amides is 2. The lowest BCUT2D eigenvalue weighted by Gasteiger charge is -2.09. The Balaban J connectivity index is 1.87. The van der Waals surface area contributed by atoms with Gasteiger partial charge >= 0.3 is 0 Å². The summed E-state index contributed by atoms with van der Waals surface area (Å²) in [5.74, 6) is 0.155. The Morgan fingerprint density at radius 3 is 2.74 bits per heavy atom. The van der Waals surface area contributed by atoms with Crippen LogP contribution in [0.1, 0.15) is 10.4 Å². The zero-order valence-electron chi connectivity index (χ0n) is 16.7. The van der Waals surface area contributed by atoms with E-state index in [4.69, 9.17) is 16.3 Å². The standard InChI is InChI=1S/C22H20ClN3O3S2/c1-3-11-24-18(27)13-30-22-25-19(14-7-5-4-6-8-14)21(31-22)26-20(28)16-12-15(23)9-10-17(16)29-2/h3-10,12H,1,11,13H2,2H3,(H,24,27)(H,26,28). The lowest BCUT2D eigenvalue weighted by atomic mass is 10.1. The number of anilines is 1. The predicted octanol–water partition coefficient (Wildman–Crippen LogP) is 5.12. The summed E-state index contributed by atoms with van der Waals surface area (Å²) < 4.78 is 5.96. The van der Waals surface area contributed by atoms with Gasteiger partial charge in [0.25, 0.3) is 5.91 Å². The summed E-state index contributed by atoms with van der Waals surface area (Å²) in [6.45, 7) is 3.99. The molecule has 3 rings (SSSR count). The molecule has 6 nitrogen and oxygen atoms in total. The van der Waals surface area contributed by atoms with Crippen molar-refractivity contribution < 1.29 is 14.3 Å². The van der Waals surface area contributed by atoms with Crippen LogP contribution in [0.25, 0.3) is 11.3 Å². The molecule has 160 valence electrons. The monoisotopic (exact) mass is 473 g/mol. The van der Waals surface area contributed by atoms with Gasteiger partial charge in [-0.05, 0) is 18.2 Å². The second kappa shape index (κ2) is 11.0. The highest BCUT2D eigenvalue weighted by Crippen LogP contribution is 2.38. The summed E-state index contributed by atoms with van der Waals surface area (Å²) in [5, 5.41) is 6.66. The van der Waals surface area contributed by atoms with Gasteiger partial charge in [-0.3, -0.25) is 9.59 Å². The lowest BCUT2D eigenvalue weighted by molar-refractivity contribution is -0.118. The molecule has 0 unspecified atom stereocenters. The number of methoxy groups -OCH3 is 1. The van der Waals surface area contributed by atoms with Gasteiger partial charge in [0, 0.05) is 17.1 Å². The maximum absolute atomic E-state index is 13.0. The molecule has 0 atom stereocenters. The normalized spacial score (nSPS) is 10.4. The van der Waals surface area contributed by atoms with E-state index in [1.54, 1.807) is 24.3 Å². The molecule has 1 aromatic heterocycles. The van der Waals surface area contributed by atoms with Gasteiger partial charge in [-0.2, -0.15) is 0 Å². The number of hydrogen-bond acceptors (Lipinski definition) is 6. The number of thiazole rings is 1. The molecule has 0 aliphatic heterocycles. The van der Waals surface area contributed by atoms with Crippen molar-refractivity contribution in [1.29, 1.82) is 0 Å². The van der Waals surface area contributed by atoms with Gasteiger partial charge in [-0.25, -0.2) is 4.98 Å². The smallest absolute Gasteiger partial charge is 0.260 e. The largest absolute Gasteiger partial charge is 0.496 e. The van der Waals surface area contributed by atoms with E-state index < -0.39 is 0 Å². The Labute approximate surface area is 193 Å². The van der Waals surface area contributed by atoms with Crippen LogP contribution in [0.3, 0.4) is 0 Å². The first-order valence-corrected chi connectivity index (χ1v) is 11.4. The van der Waals surface area contributed by atoms with Crippen molar-refractivity contribution in [2.24, 2.45) is 0 Å². The second-order valence-electron chi connectivity index (χ2n) is 6.20. The molecule has 0 spiro atoms. The topological polar surface area (TPSA) is 80.3 Å². The van der Waals surface area contributed by atoms with E-state index in [1.807, 2.05) is 30.3 Å². The fourth-order valence-electron chi connectivity index (χ4n) is 2.63. The van der Waals surface area contributed by atoms with Gasteiger partial charge in [-0.15, -0.1) is 6.58 Å². The summed E-state index contributed by atoms with van der Waals surface area (Å²) in [5.41, 5.74) is 1.81. The van der Waals surface area contributed by atoms with Crippen LogP contribution in [0, 0.1) is 0 Å². The number of carbonyl (C=O) groups excluding carboxylic acids is 2. The van der Waals surface area contributed by atoms with Crippen LogP contribution in [0.5, 0.6) is 5.75 Å². The number of halogens is 1. The predicted molar refractivity (Wildman–Crippen MR) is 127 cm³/mol. The minimum atomic E-state index is -0.361. The van der Waals surface area contributed by atoms with Gasteiger partial charge < -0.3 is 15.4 Å². The van der Waals surface area contributed by atoms with E-state index in [0.717, 1.165) is 5.56 Å². The van der Waals surface area contributed by atoms with Crippen LogP contribution < -0.4 is 15.4 Å². The molecule has 2 amide bonds. The Bertz CT molecular complexity index is 1090. The maximum Gasteiger partial charge on any atom is 0.260 e. The van der Waals surface area contributed by atoms with Crippen molar-refractivity contribution in [3.8, 4) is 17.0 Å². The summed E-state index contributed by atoms with van der Waals surface area (Å²) in [4.78, 5) is 29.5. The molecule has 0 bridgehead atoms. The highest BCUT2D eigenvalue weighted by atomic mass is 35.5. The second-order valence-corrected chi connectivity index (χ2v) is 8.86. The van der Waals surface area contributed by atoms with Crippen LogP contribution in [0.2, 0.25) is 5.02 Å². The Morgan fingerprint density at radius 2 is 2.03 bits per heavy atom. The van der Waals surface area contributed by atoms with E-state index in [9.17, 15) is 9.59 Å². The van der Waals surface area contributed by atoms with Crippen LogP contribution in [0.4, 0.5) is 5.00 Å². The molecular weight excluding hydrogens is 454 g/mol. The van der Waals surface area contributed by atoms with E-state index in [-0.39, 0.29) is 17.6 Å². The van der Waals surface area contributed by atoms with E-state index >= 15 is 0 Å². The third kappa shape index (κ3) is 6.10. The quantitative estimate of drug-likeness (QED) is 0.333. The van der Waals surface area contributed by atoms with Crippen molar-refractivity contribution in [1.82, 2.24) is 10.3 Å². The minimum Gasteiger partial charge on any atom is -0.496 e. The molecule has 3 aromatic rings. The summed E-state index contributed by atoms with van der Waals surface area (Å²) >= 11 is 8.68. The number of thioether (sulfide) groups is 1. The van der Waals surface area contributed by atoms with Crippen molar-refractivity contribution >= 4 is 51.5 Å². The average Bonchev–Trinajstić information content (AvgIpc) is 3.19. The highest BCUT2D eigenvalue weighted by Gasteiger charge is 2.19. The molecule has 0 saturated heterocycles. The molecule has 0 aliphatic rings. The lowest BCUT2D eigenvalue weighted by Crippen LogP contribution is -2.24. The maximum atomic E-state index is 13.0. The Hall–Kier alpha value is -2.81. The molecule has 0 fully saturated rings. The fourth-order valence-corrected chi connectivity index (χ4v) is 4.69. The molecule has 1 heterocycles. The first kappa shape index (κ1) is 22.9. The fraction of sp³-hybridized carbons (Fsp3) is 0.136. The highest BCUT2D eigenvalue weighted by molar-refractivity contribution is 8.01. The first-order chi connectivity index (χ1) is 15.0. The molecule has 0 radical (unpaired) electrons. The number of rotatable bonds is 9. The number of nitrogens with one attached hydrogen (secondary N) is 2. The minimum absolute atomic E-state index is 0.115. The summed E-state index contributed by atoms with van der Waals surface area (Å²) in [7, 11) is 1.49. The molecule has 2 N–H and O–H groups in total. The SMILES string of the molecule is C=CCNC(=O)CSc1nc(-c2ccccc2)c(NC(=O)c2cc(Cl)ccc2OC)s1. The molecule has 0 saturated carbocycles. The number of carbonyl (C=O) groups is 2. The number of nitrogens with zero attached hydrogens (tertiary/aromatic N) is 1. The van der Waals surface area contributed by atoms with Gasteiger partial charge in [0.05, 0.1) is 18.4 Å². The van der Waals surface area contributed by atoms with Crippen molar-refractivity contribution in [2.75, 3.05) is 24.7 Å². The van der Waals surface area contributed by atoms with Gasteiger partial charge in [0.1, 0.15) is 16.4 Å². The molecule has 31 heavy (non-hydrogen) atoms. The van der Waals surface area contributed by atoms with Crippen LogP contribution in [-0.2, 0) is 4.79 Å². The molecule has 2 aromatic carbocycles. The number of ether oxygens (including phenoxy) is 1. The zero-order chi connectivity index (χ0) is 22.2. The van der Waals surface area contributed by atoms with Crippen LogP contribution >= 0.6 is 34.7 Å². The van der Waals surface area contributed by atoms with E-state index in [1.165, 1.54) is 30.2 Å². The number of hydrogen-bond donors (Lipinski definition) is 2. The van der Waals surface area contributed by atoms with Crippen molar-refractivity contribution in [3.63, 3.8) is 0 Å². The van der Waals surface area contributed by atoms with E-state index in [2.05, 4.69) is 22.2 Å². The molecular formula is C22H20ClN3O3S2. The number of aromatic nitrogens is 1. The van der Waals surface area contributed by atoms with Gasteiger partial charge in [-0.1, -0.05) is 71.1 Å². The average molecular weight is 474 g/mol. The number of benzene rings is 2. The van der Waals surface area contributed by atoms with Gasteiger partial charge in [0.15, 0.2) is 4.34 Å². The molecule has 9 heteroatoms. The Kier molecular flexibility index (Phi) is 8.11. The van der Waals surface area contributed by atoms with Crippen molar-refractivity contribution in [3.05, 3.63) is 71.8 Å². The van der Waals surface area contributed by atoms with E-state index in [0.29, 0.717) is 37.9 Å². The summed E-state index contributed by atoms with van der Waals surface area (Å²) in [6.07, 6.45) is 1.62. The van der Waals surface area contributed by atoms with Crippen LogP contribution in [0.15, 0.2) is 65.5 Å². The first-order valence-electron chi connectivity index (χ1n) is 9.23. The third-order valence-electron chi connectivity index (χ3n) is 4.06. The van der Waals surface area contributed by atoms with Gasteiger partial charge in [0.2, 0.25) is 5.91 Å². The third-order valence-corrected chi connectivity index (χ3v) is 6.41. The summed E-state index contributed by atoms with van der Waals surface area (Å²) in [6, 6.07) is 14.4. The Morgan fingerprint density at radius 1 is 1.26 bits per heavy atom. The van der Waals surface area contributed by atoms with Crippen LogP contribution in [-0.4, -0.2) is 36.2 Å². The zero-order valence-corrected chi connectivity index (χ0v) is 19.1.